The van der Waals surface area contributed by atoms with Crippen molar-refractivity contribution in [1.82, 2.24) is 9.97 Å². The maximum Gasteiger partial charge on any atom is 0.119 e. The van der Waals surface area contributed by atoms with E-state index in [4.69, 9.17) is 9.72 Å². The van der Waals surface area contributed by atoms with Crippen molar-refractivity contribution in [1.29, 1.82) is 0 Å². The van der Waals surface area contributed by atoms with Gasteiger partial charge >= 0.3 is 0 Å². The van der Waals surface area contributed by atoms with Gasteiger partial charge in [0.05, 0.1) is 18.5 Å². The predicted molar refractivity (Wildman–Crippen MR) is 90.9 cm³/mol. The molecule has 4 rings (SSSR count). The number of hydrogen-bond acceptors (Lipinski definition) is 3. The van der Waals surface area contributed by atoms with Gasteiger partial charge < -0.3 is 4.74 Å². The van der Waals surface area contributed by atoms with Crippen LogP contribution in [0.1, 0.15) is 49.7 Å². The van der Waals surface area contributed by atoms with Crippen LogP contribution in [-0.2, 0) is 23.7 Å². The van der Waals surface area contributed by atoms with Gasteiger partial charge in [-0.2, -0.15) is 0 Å². The molecule has 2 aliphatic carbocycles. The summed E-state index contributed by atoms with van der Waals surface area (Å²) in [5, 5.41) is 0. The smallest absolute Gasteiger partial charge is 0.119 e. The fourth-order valence-corrected chi connectivity index (χ4v) is 5.16. The topological polar surface area (TPSA) is 35.0 Å². The summed E-state index contributed by atoms with van der Waals surface area (Å²) >= 11 is 0. The highest BCUT2D eigenvalue weighted by atomic mass is 16.5. The van der Waals surface area contributed by atoms with Gasteiger partial charge in [-0.3, -0.25) is 9.97 Å². The molecule has 0 radical (unpaired) electrons. The van der Waals surface area contributed by atoms with E-state index in [1.165, 1.54) is 23.2 Å². The van der Waals surface area contributed by atoms with Crippen molar-refractivity contribution in [3.05, 3.63) is 53.1 Å². The molecule has 0 fully saturated rings. The van der Waals surface area contributed by atoms with Crippen LogP contribution in [0.5, 0.6) is 5.75 Å². The Balaban J connectivity index is 1.93. The SMILES string of the molecule is COc1ccc2c(c1)[C@@]1(C)Cc3nccnc3C(C)(C)[C@@H]1CC2. The van der Waals surface area contributed by atoms with Gasteiger partial charge in [0.15, 0.2) is 0 Å². The van der Waals surface area contributed by atoms with Gasteiger partial charge in [0, 0.05) is 29.6 Å². The number of benzene rings is 1. The largest absolute Gasteiger partial charge is 0.497 e. The number of rotatable bonds is 1. The number of nitrogens with zero attached hydrogens (tertiary/aromatic N) is 2. The third-order valence-electron chi connectivity index (χ3n) is 6.19. The second kappa shape index (κ2) is 4.80. The molecule has 3 nitrogen and oxygen atoms in total. The predicted octanol–water partition coefficient (Wildman–Crippen LogP) is 3.84. The number of aryl methyl sites for hydroxylation is 1. The van der Waals surface area contributed by atoms with Gasteiger partial charge in [0.2, 0.25) is 0 Å². The quantitative estimate of drug-likeness (QED) is 0.803. The molecule has 0 N–H and O–H groups in total. The minimum Gasteiger partial charge on any atom is -0.497 e. The van der Waals surface area contributed by atoms with Gasteiger partial charge in [0.1, 0.15) is 5.75 Å². The maximum atomic E-state index is 5.50. The summed E-state index contributed by atoms with van der Waals surface area (Å²) in [5.74, 6) is 1.52. The molecule has 0 saturated carbocycles. The second-order valence-corrected chi connectivity index (χ2v) is 7.78. The minimum absolute atomic E-state index is 0.0390. The lowest BCUT2D eigenvalue weighted by Crippen LogP contribution is -2.52. The van der Waals surface area contributed by atoms with Crippen molar-refractivity contribution < 1.29 is 4.74 Å². The molecule has 2 atom stereocenters. The Morgan fingerprint density at radius 3 is 2.70 bits per heavy atom. The first kappa shape index (κ1) is 14.7. The Labute approximate surface area is 138 Å². The summed E-state index contributed by atoms with van der Waals surface area (Å²) in [6.45, 7) is 7.09. The van der Waals surface area contributed by atoms with Crippen LogP contribution in [0, 0.1) is 5.92 Å². The molecular weight excluding hydrogens is 284 g/mol. The van der Waals surface area contributed by atoms with Gasteiger partial charge in [-0.25, -0.2) is 0 Å². The van der Waals surface area contributed by atoms with Gasteiger partial charge in [-0.1, -0.05) is 26.8 Å². The first-order chi connectivity index (χ1) is 11.0. The molecule has 1 aromatic heterocycles. The zero-order valence-corrected chi connectivity index (χ0v) is 14.4. The van der Waals surface area contributed by atoms with E-state index in [1.807, 2.05) is 12.4 Å². The van der Waals surface area contributed by atoms with E-state index in [2.05, 4.69) is 44.0 Å². The molecule has 3 heteroatoms. The van der Waals surface area contributed by atoms with Crippen LogP contribution in [0.15, 0.2) is 30.6 Å². The molecule has 0 bridgehead atoms. The highest BCUT2D eigenvalue weighted by molar-refractivity contribution is 5.47. The molecule has 2 aliphatic rings. The lowest BCUT2D eigenvalue weighted by atomic mass is 9.50. The van der Waals surface area contributed by atoms with Crippen molar-refractivity contribution in [2.24, 2.45) is 5.92 Å². The van der Waals surface area contributed by atoms with Crippen molar-refractivity contribution in [2.45, 2.75) is 50.9 Å². The number of aromatic nitrogens is 2. The molecule has 0 amide bonds. The molecule has 0 aliphatic heterocycles. The molecule has 0 spiro atoms. The Kier molecular flexibility index (Phi) is 3.06. The summed E-state index contributed by atoms with van der Waals surface area (Å²) in [6.07, 6.45) is 6.97. The van der Waals surface area contributed by atoms with Gasteiger partial charge in [0.25, 0.3) is 0 Å². The van der Waals surface area contributed by atoms with E-state index in [9.17, 15) is 0 Å². The highest BCUT2D eigenvalue weighted by Crippen LogP contribution is 2.55. The molecule has 2 aromatic rings. The lowest BCUT2D eigenvalue weighted by molar-refractivity contribution is 0.133. The Morgan fingerprint density at radius 2 is 1.91 bits per heavy atom. The average Bonchev–Trinajstić information content (AvgIpc) is 2.54. The third kappa shape index (κ3) is 1.95. The standard InChI is InChI=1S/C20H24N2O/c1-19(2)17-8-6-13-5-7-14(23-4)11-15(13)20(17,3)12-16-18(19)22-10-9-21-16/h5,7,9-11,17H,6,8,12H2,1-4H3/t17-,20+/m0/s1. The minimum atomic E-state index is 0.0390. The van der Waals surface area contributed by atoms with Crippen LogP contribution in [0.4, 0.5) is 0 Å². The fourth-order valence-electron chi connectivity index (χ4n) is 5.16. The second-order valence-electron chi connectivity index (χ2n) is 7.78. The first-order valence-corrected chi connectivity index (χ1v) is 8.44. The molecule has 23 heavy (non-hydrogen) atoms. The van der Waals surface area contributed by atoms with Gasteiger partial charge in [-0.15, -0.1) is 0 Å². The molecule has 1 aromatic carbocycles. The van der Waals surface area contributed by atoms with Gasteiger partial charge in [-0.05, 0) is 42.0 Å². The third-order valence-corrected chi connectivity index (χ3v) is 6.19. The monoisotopic (exact) mass is 308 g/mol. The Morgan fingerprint density at radius 1 is 1.13 bits per heavy atom. The number of fused-ring (bicyclic) bond motifs is 4. The fraction of sp³-hybridized carbons (Fsp3) is 0.500. The van der Waals surface area contributed by atoms with E-state index in [1.54, 1.807) is 7.11 Å². The van der Waals surface area contributed by atoms with Crippen LogP contribution in [-0.4, -0.2) is 17.1 Å². The van der Waals surface area contributed by atoms with E-state index in [-0.39, 0.29) is 10.8 Å². The first-order valence-electron chi connectivity index (χ1n) is 8.44. The van der Waals surface area contributed by atoms with E-state index in [0.717, 1.165) is 24.3 Å². The number of methoxy groups -OCH3 is 1. The van der Waals surface area contributed by atoms with Crippen molar-refractivity contribution in [3.63, 3.8) is 0 Å². The molecule has 1 heterocycles. The lowest BCUT2D eigenvalue weighted by Gasteiger charge is -2.53. The van der Waals surface area contributed by atoms with Crippen molar-refractivity contribution in [2.75, 3.05) is 7.11 Å². The van der Waals surface area contributed by atoms with Crippen molar-refractivity contribution >= 4 is 0 Å². The van der Waals surface area contributed by atoms with Crippen molar-refractivity contribution in [3.8, 4) is 5.75 Å². The normalized spacial score (nSPS) is 27.6. The molecule has 120 valence electrons. The zero-order valence-electron chi connectivity index (χ0n) is 14.4. The summed E-state index contributed by atoms with van der Waals surface area (Å²) in [7, 11) is 1.75. The van der Waals surface area contributed by atoms with Crippen LogP contribution in [0.25, 0.3) is 0 Å². The van der Waals surface area contributed by atoms with E-state index in [0.29, 0.717) is 5.92 Å². The Hall–Kier alpha value is -1.90. The number of hydrogen-bond donors (Lipinski definition) is 0. The molecular formula is C20H24N2O. The highest BCUT2D eigenvalue weighted by Gasteiger charge is 2.53. The van der Waals surface area contributed by atoms with E-state index >= 15 is 0 Å². The average molecular weight is 308 g/mol. The summed E-state index contributed by atoms with van der Waals surface area (Å²) < 4.78 is 5.50. The molecule has 0 unspecified atom stereocenters. The van der Waals surface area contributed by atoms with E-state index < -0.39 is 0 Å². The summed E-state index contributed by atoms with van der Waals surface area (Å²) in [4.78, 5) is 9.37. The maximum absolute atomic E-state index is 5.50. The molecule has 0 saturated heterocycles. The van der Waals surface area contributed by atoms with Crippen LogP contribution in [0.2, 0.25) is 0 Å². The van der Waals surface area contributed by atoms with Crippen LogP contribution >= 0.6 is 0 Å². The number of ether oxygens (including phenoxy) is 1. The summed E-state index contributed by atoms with van der Waals surface area (Å²) in [5.41, 5.74) is 5.39. The zero-order chi connectivity index (χ0) is 16.2. The van der Waals surface area contributed by atoms with Crippen LogP contribution in [0.3, 0.4) is 0 Å². The van der Waals surface area contributed by atoms with Crippen LogP contribution < -0.4 is 4.74 Å². The Bertz CT molecular complexity index is 768. The summed E-state index contributed by atoms with van der Waals surface area (Å²) in [6, 6.07) is 6.58.